The SMILES string of the molecule is CC(C)CNC(=O)Cn1cnc2sc3c(c2c1=O)CC[C@@H](C)C3. The molecule has 2 aromatic heterocycles. The standard InChI is InChI=1S/C17H23N3O2S/c1-10(2)7-18-14(21)8-20-9-19-16-15(17(20)22)12-5-4-11(3)6-13(12)23-16/h9-11H,4-8H2,1-3H3,(H,18,21)/t11-/m1/s1. The third-order valence-corrected chi connectivity index (χ3v) is 5.47. The van der Waals surface area contributed by atoms with Gasteiger partial charge in [0.05, 0.1) is 11.7 Å². The minimum atomic E-state index is -0.139. The molecule has 0 saturated carbocycles. The second-order valence-electron chi connectivity index (χ2n) is 6.91. The van der Waals surface area contributed by atoms with Crippen molar-refractivity contribution in [3.63, 3.8) is 0 Å². The number of fused-ring (bicyclic) bond motifs is 3. The van der Waals surface area contributed by atoms with Gasteiger partial charge in [0.25, 0.3) is 5.56 Å². The zero-order valence-electron chi connectivity index (χ0n) is 13.9. The van der Waals surface area contributed by atoms with Crippen molar-refractivity contribution in [1.82, 2.24) is 14.9 Å². The van der Waals surface area contributed by atoms with E-state index in [-0.39, 0.29) is 18.0 Å². The fourth-order valence-electron chi connectivity index (χ4n) is 3.01. The Balaban J connectivity index is 1.90. The molecular formula is C17H23N3O2S. The number of nitrogens with zero attached hydrogens (tertiary/aromatic N) is 2. The van der Waals surface area contributed by atoms with Crippen LogP contribution in [-0.4, -0.2) is 22.0 Å². The van der Waals surface area contributed by atoms with Crippen LogP contribution in [0, 0.1) is 11.8 Å². The monoisotopic (exact) mass is 333 g/mol. The van der Waals surface area contributed by atoms with Crippen molar-refractivity contribution < 1.29 is 4.79 Å². The van der Waals surface area contributed by atoms with Gasteiger partial charge in [-0.15, -0.1) is 11.3 Å². The van der Waals surface area contributed by atoms with E-state index in [4.69, 9.17) is 0 Å². The maximum atomic E-state index is 12.8. The second-order valence-corrected chi connectivity index (χ2v) is 7.99. The number of hydrogen-bond acceptors (Lipinski definition) is 4. The van der Waals surface area contributed by atoms with Crippen molar-refractivity contribution in [3.8, 4) is 0 Å². The van der Waals surface area contributed by atoms with Crippen LogP contribution in [0.2, 0.25) is 0 Å². The van der Waals surface area contributed by atoms with Crippen molar-refractivity contribution in [2.24, 2.45) is 11.8 Å². The lowest BCUT2D eigenvalue weighted by Crippen LogP contribution is -2.34. The Morgan fingerprint density at radius 1 is 1.52 bits per heavy atom. The molecule has 6 heteroatoms. The topological polar surface area (TPSA) is 64.0 Å². The molecule has 1 N–H and O–H groups in total. The quantitative estimate of drug-likeness (QED) is 0.934. The lowest BCUT2D eigenvalue weighted by atomic mass is 9.89. The molecule has 1 aliphatic rings. The number of aryl methyl sites for hydroxylation is 1. The molecule has 0 aromatic carbocycles. The molecule has 23 heavy (non-hydrogen) atoms. The van der Waals surface area contributed by atoms with Gasteiger partial charge in [-0.1, -0.05) is 20.8 Å². The van der Waals surface area contributed by atoms with E-state index < -0.39 is 0 Å². The molecule has 2 aromatic rings. The summed E-state index contributed by atoms with van der Waals surface area (Å²) in [7, 11) is 0. The first-order chi connectivity index (χ1) is 11.0. The summed E-state index contributed by atoms with van der Waals surface area (Å²) in [4.78, 5) is 31.3. The van der Waals surface area contributed by atoms with Crippen molar-refractivity contribution in [1.29, 1.82) is 0 Å². The third-order valence-electron chi connectivity index (χ3n) is 4.30. The number of carbonyl (C=O) groups excluding carboxylic acids is 1. The molecular weight excluding hydrogens is 310 g/mol. The normalized spacial score (nSPS) is 17.5. The summed E-state index contributed by atoms with van der Waals surface area (Å²) < 4.78 is 1.43. The molecule has 0 spiro atoms. The van der Waals surface area contributed by atoms with Crippen molar-refractivity contribution >= 4 is 27.5 Å². The number of rotatable bonds is 4. The summed E-state index contributed by atoms with van der Waals surface area (Å²) in [5.74, 6) is 0.918. The van der Waals surface area contributed by atoms with Gasteiger partial charge in [-0.25, -0.2) is 4.98 Å². The molecule has 1 aliphatic carbocycles. The third kappa shape index (κ3) is 3.32. The summed E-state index contributed by atoms with van der Waals surface area (Å²) in [5.41, 5.74) is 1.08. The highest BCUT2D eigenvalue weighted by Gasteiger charge is 2.23. The van der Waals surface area contributed by atoms with Gasteiger partial charge in [0.1, 0.15) is 11.4 Å². The van der Waals surface area contributed by atoms with E-state index >= 15 is 0 Å². The van der Waals surface area contributed by atoms with Crippen LogP contribution in [0.15, 0.2) is 11.1 Å². The first-order valence-corrected chi connectivity index (χ1v) is 9.03. The van der Waals surface area contributed by atoms with Crippen LogP contribution in [0.3, 0.4) is 0 Å². The van der Waals surface area contributed by atoms with Crippen LogP contribution < -0.4 is 10.9 Å². The van der Waals surface area contributed by atoms with Crippen molar-refractivity contribution in [3.05, 3.63) is 27.1 Å². The fraction of sp³-hybridized carbons (Fsp3) is 0.588. The molecule has 5 nitrogen and oxygen atoms in total. The number of aromatic nitrogens is 2. The number of carbonyl (C=O) groups is 1. The number of hydrogen-bond donors (Lipinski definition) is 1. The highest BCUT2D eigenvalue weighted by atomic mass is 32.1. The average molecular weight is 333 g/mol. The highest BCUT2D eigenvalue weighted by molar-refractivity contribution is 7.18. The van der Waals surface area contributed by atoms with Gasteiger partial charge in [-0.2, -0.15) is 0 Å². The Morgan fingerprint density at radius 3 is 3.04 bits per heavy atom. The minimum Gasteiger partial charge on any atom is -0.354 e. The predicted molar refractivity (Wildman–Crippen MR) is 92.9 cm³/mol. The summed E-state index contributed by atoms with van der Waals surface area (Å²) in [6.45, 7) is 6.99. The van der Waals surface area contributed by atoms with Gasteiger partial charge in [-0.3, -0.25) is 14.2 Å². The molecule has 2 heterocycles. The molecule has 0 bridgehead atoms. The predicted octanol–water partition coefficient (Wildman–Crippen LogP) is 2.35. The lowest BCUT2D eigenvalue weighted by Gasteiger charge is -2.17. The zero-order valence-corrected chi connectivity index (χ0v) is 14.7. The van der Waals surface area contributed by atoms with Crippen LogP contribution in [0.4, 0.5) is 0 Å². The van der Waals surface area contributed by atoms with Crippen LogP contribution >= 0.6 is 11.3 Å². The Labute approximate surface area is 139 Å². The summed E-state index contributed by atoms with van der Waals surface area (Å²) >= 11 is 1.63. The Morgan fingerprint density at radius 2 is 2.30 bits per heavy atom. The van der Waals surface area contributed by atoms with Gasteiger partial charge in [0.2, 0.25) is 5.91 Å². The van der Waals surface area contributed by atoms with Gasteiger partial charge in [-0.05, 0) is 36.7 Å². The smallest absolute Gasteiger partial charge is 0.262 e. The van der Waals surface area contributed by atoms with Crippen LogP contribution in [0.5, 0.6) is 0 Å². The van der Waals surface area contributed by atoms with E-state index in [0.29, 0.717) is 18.4 Å². The Hall–Kier alpha value is -1.69. The molecule has 3 rings (SSSR count). The lowest BCUT2D eigenvalue weighted by molar-refractivity contribution is -0.121. The van der Waals surface area contributed by atoms with E-state index in [1.165, 1.54) is 15.8 Å². The highest BCUT2D eigenvalue weighted by Crippen LogP contribution is 2.35. The van der Waals surface area contributed by atoms with Crippen molar-refractivity contribution in [2.45, 2.75) is 46.6 Å². The average Bonchev–Trinajstić information content (AvgIpc) is 2.86. The fourth-order valence-corrected chi connectivity index (χ4v) is 4.35. The van der Waals surface area contributed by atoms with Crippen molar-refractivity contribution in [2.75, 3.05) is 6.54 Å². The maximum Gasteiger partial charge on any atom is 0.262 e. The number of nitrogens with one attached hydrogen (secondary N) is 1. The summed E-state index contributed by atoms with van der Waals surface area (Å²) in [6, 6.07) is 0. The Bertz CT molecular complexity index is 791. The zero-order chi connectivity index (χ0) is 16.6. The molecule has 1 atom stereocenters. The largest absolute Gasteiger partial charge is 0.354 e. The van der Waals surface area contributed by atoms with Gasteiger partial charge in [0.15, 0.2) is 0 Å². The maximum absolute atomic E-state index is 12.8. The van der Waals surface area contributed by atoms with E-state index in [1.807, 2.05) is 13.8 Å². The van der Waals surface area contributed by atoms with Crippen LogP contribution in [0.1, 0.15) is 37.6 Å². The van der Waals surface area contributed by atoms with Gasteiger partial charge >= 0.3 is 0 Å². The number of thiophene rings is 1. The molecule has 0 fully saturated rings. The van der Waals surface area contributed by atoms with E-state index in [9.17, 15) is 9.59 Å². The summed E-state index contributed by atoms with van der Waals surface area (Å²) in [5, 5.41) is 3.58. The summed E-state index contributed by atoms with van der Waals surface area (Å²) in [6.07, 6.45) is 4.59. The van der Waals surface area contributed by atoms with Gasteiger partial charge in [0, 0.05) is 11.4 Å². The molecule has 1 amide bonds. The molecule has 124 valence electrons. The second kappa shape index (κ2) is 6.43. The molecule has 0 radical (unpaired) electrons. The van der Waals surface area contributed by atoms with E-state index in [0.717, 1.165) is 35.0 Å². The molecule has 0 saturated heterocycles. The minimum absolute atomic E-state index is 0.0372. The first-order valence-electron chi connectivity index (χ1n) is 8.22. The number of amides is 1. The van der Waals surface area contributed by atoms with Crippen LogP contribution in [-0.2, 0) is 24.2 Å². The Kier molecular flexibility index (Phi) is 4.53. The van der Waals surface area contributed by atoms with Gasteiger partial charge < -0.3 is 5.32 Å². The van der Waals surface area contributed by atoms with E-state index in [1.54, 1.807) is 11.3 Å². The molecule has 0 aliphatic heterocycles. The van der Waals surface area contributed by atoms with Crippen LogP contribution in [0.25, 0.3) is 10.2 Å². The van der Waals surface area contributed by atoms with E-state index in [2.05, 4.69) is 17.2 Å². The molecule has 0 unspecified atom stereocenters. The first kappa shape index (κ1) is 16.2.